The van der Waals surface area contributed by atoms with E-state index in [1.165, 1.54) is 0 Å². The van der Waals surface area contributed by atoms with Gasteiger partial charge in [0.25, 0.3) is 0 Å². The van der Waals surface area contributed by atoms with E-state index in [2.05, 4.69) is 4.98 Å². The van der Waals surface area contributed by atoms with Gasteiger partial charge in [0, 0.05) is 12.0 Å². The Morgan fingerprint density at radius 2 is 2.00 bits per heavy atom. The summed E-state index contributed by atoms with van der Waals surface area (Å²) >= 11 is 0. The van der Waals surface area contributed by atoms with E-state index in [9.17, 15) is 0 Å². The molecule has 0 amide bonds. The van der Waals surface area contributed by atoms with Gasteiger partial charge in [0.2, 0.25) is 5.89 Å². The van der Waals surface area contributed by atoms with Gasteiger partial charge in [-0.3, -0.25) is 0 Å². The van der Waals surface area contributed by atoms with Gasteiger partial charge < -0.3 is 9.52 Å². The number of rotatable bonds is 3. The van der Waals surface area contributed by atoms with Crippen LogP contribution in [0.2, 0.25) is 0 Å². The highest BCUT2D eigenvalue weighted by Crippen LogP contribution is 2.18. The molecule has 0 aliphatic rings. The molecule has 0 saturated heterocycles. The molecule has 3 heteroatoms. The van der Waals surface area contributed by atoms with Crippen molar-refractivity contribution in [1.82, 2.24) is 4.98 Å². The molecule has 0 atom stereocenters. The fourth-order valence-corrected chi connectivity index (χ4v) is 1.25. The van der Waals surface area contributed by atoms with Crippen molar-refractivity contribution in [3.8, 4) is 11.5 Å². The quantitative estimate of drug-likeness (QED) is 0.801. The minimum absolute atomic E-state index is 0.0867. The highest BCUT2D eigenvalue weighted by Gasteiger charge is 2.04. The first-order valence-electron chi connectivity index (χ1n) is 4.51. The number of aliphatic hydroxyl groups excluding tert-OH is 1. The van der Waals surface area contributed by atoms with E-state index in [0.717, 1.165) is 5.56 Å². The number of aliphatic hydroxyl groups is 1. The molecule has 1 aromatic heterocycles. The van der Waals surface area contributed by atoms with Gasteiger partial charge in [-0.05, 0) is 12.1 Å². The summed E-state index contributed by atoms with van der Waals surface area (Å²) < 4.78 is 5.44. The van der Waals surface area contributed by atoms with E-state index >= 15 is 0 Å². The van der Waals surface area contributed by atoms with Crippen molar-refractivity contribution in [2.45, 2.75) is 6.42 Å². The summed E-state index contributed by atoms with van der Waals surface area (Å²) in [6.07, 6.45) is 2.17. The van der Waals surface area contributed by atoms with E-state index in [1.54, 1.807) is 6.20 Å². The zero-order valence-corrected chi connectivity index (χ0v) is 7.68. The topological polar surface area (TPSA) is 46.3 Å². The average molecular weight is 189 g/mol. The van der Waals surface area contributed by atoms with Crippen molar-refractivity contribution in [1.29, 1.82) is 0 Å². The third-order valence-electron chi connectivity index (χ3n) is 1.93. The Hall–Kier alpha value is -1.61. The number of hydrogen-bond acceptors (Lipinski definition) is 3. The standard InChI is InChI=1S/C11H11NO2/c13-7-6-10-8-12-11(14-10)9-4-2-1-3-5-9/h1-5,8,13H,6-7H2. The maximum atomic E-state index is 8.71. The van der Waals surface area contributed by atoms with Gasteiger partial charge in [-0.15, -0.1) is 0 Å². The molecule has 3 nitrogen and oxygen atoms in total. The Bertz CT molecular complexity index is 395. The third-order valence-corrected chi connectivity index (χ3v) is 1.93. The minimum Gasteiger partial charge on any atom is -0.441 e. The number of nitrogens with zero attached hydrogens (tertiary/aromatic N) is 1. The Balaban J connectivity index is 2.25. The smallest absolute Gasteiger partial charge is 0.226 e. The number of aromatic nitrogens is 1. The second-order valence-corrected chi connectivity index (χ2v) is 2.97. The Kier molecular flexibility index (Phi) is 2.60. The zero-order valence-electron chi connectivity index (χ0n) is 7.68. The second kappa shape index (κ2) is 4.07. The van der Waals surface area contributed by atoms with E-state index < -0.39 is 0 Å². The number of benzene rings is 1. The maximum Gasteiger partial charge on any atom is 0.226 e. The molecule has 0 aliphatic carbocycles. The van der Waals surface area contributed by atoms with Crippen LogP contribution in [0.5, 0.6) is 0 Å². The SMILES string of the molecule is OCCc1cnc(-c2ccccc2)o1. The van der Waals surface area contributed by atoms with Crippen molar-refractivity contribution in [2.24, 2.45) is 0 Å². The molecule has 1 aromatic carbocycles. The molecular formula is C11H11NO2. The molecule has 0 radical (unpaired) electrons. The fourth-order valence-electron chi connectivity index (χ4n) is 1.25. The Morgan fingerprint density at radius 1 is 1.21 bits per heavy atom. The van der Waals surface area contributed by atoms with Gasteiger partial charge in [-0.25, -0.2) is 4.98 Å². The first-order chi connectivity index (χ1) is 6.90. The predicted octanol–water partition coefficient (Wildman–Crippen LogP) is 1.88. The van der Waals surface area contributed by atoms with Crippen LogP contribution in [0, 0.1) is 0 Å². The van der Waals surface area contributed by atoms with Crippen molar-refractivity contribution in [3.63, 3.8) is 0 Å². The molecule has 0 fully saturated rings. The molecule has 0 unspecified atom stereocenters. The maximum absolute atomic E-state index is 8.71. The van der Waals surface area contributed by atoms with Crippen LogP contribution in [-0.2, 0) is 6.42 Å². The van der Waals surface area contributed by atoms with E-state index in [-0.39, 0.29) is 6.61 Å². The van der Waals surface area contributed by atoms with E-state index in [0.29, 0.717) is 18.1 Å². The van der Waals surface area contributed by atoms with Crippen molar-refractivity contribution in [2.75, 3.05) is 6.61 Å². The third kappa shape index (κ3) is 1.83. The zero-order chi connectivity index (χ0) is 9.80. The van der Waals surface area contributed by atoms with Gasteiger partial charge in [0.15, 0.2) is 0 Å². The van der Waals surface area contributed by atoms with Gasteiger partial charge >= 0.3 is 0 Å². The van der Waals surface area contributed by atoms with Crippen LogP contribution in [0.25, 0.3) is 11.5 Å². The van der Waals surface area contributed by atoms with Crippen molar-refractivity contribution in [3.05, 3.63) is 42.3 Å². The summed E-state index contributed by atoms with van der Waals surface area (Å²) in [5.74, 6) is 1.32. The van der Waals surface area contributed by atoms with Gasteiger partial charge in [-0.1, -0.05) is 18.2 Å². The van der Waals surface area contributed by atoms with Crippen LogP contribution in [-0.4, -0.2) is 16.7 Å². The van der Waals surface area contributed by atoms with Gasteiger partial charge in [0.05, 0.1) is 12.8 Å². The Labute approximate surface area is 82.0 Å². The van der Waals surface area contributed by atoms with Crippen LogP contribution < -0.4 is 0 Å². The predicted molar refractivity (Wildman–Crippen MR) is 52.7 cm³/mol. The lowest BCUT2D eigenvalue weighted by atomic mass is 10.2. The Morgan fingerprint density at radius 3 is 2.71 bits per heavy atom. The molecule has 0 saturated carbocycles. The molecule has 2 aromatic rings. The second-order valence-electron chi connectivity index (χ2n) is 2.97. The molecule has 72 valence electrons. The molecule has 1 heterocycles. The van der Waals surface area contributed by atoms with Gasteiger partial charge in [-0.2, -0.15) is 0 Å². The van der Waals surface area contributed by atoms with Crippen LogP contribution in [0.1, 0.15) is 5.76 Å². The molecule has 0 spiro atoms. The van der Waals surface area contributed by atoms with Crippen LogP contribution >= 0.6 is 0 Å². The summed E-state index contributed by atoms with van der Waals surface area (Å²) in [6, 6.07) is 9.70. The molecular weight excluding hydrogens is 178 g/mol. The van der Waals surface area contributed by atoms with Crippen molar-refractivity contribution >= 4 is 0 Å². The van der Waals surface area contributed by atoms with E-state index in [4.69, 9.17) is 9.52 Å². The number of oxazole rings is 1. The summed E-state index contributed by atoms with van der Waals surface area (Å²) in [5.41, 5.74) is 0.955. The molecule has 1 N–H and O–H groups in total. The van der Waals surface area contributed by atoms with Gasteiger partial charge in [0.1, 0.15) is 5.76 Å². The highest BCUT2D eigenvalue weighted by molar-refractivity contribution is 5.52. The van der Waals surface area contributed by atoms with E-state index in [1.807, 2.05) is 30.3 Å². The molecule has 2 rings (SSSR count). The first-order valence-corrected chi connectivity index (χ1v) is 4.51. The lowest BCUT2D eigenvalue weighted by Gasteiger charge is -1.93. The normalized spacial score (nSPS) is 10.4. The van der Waals surface area contributed by atoms with Crippen LogP contribution in [0.4, 0.5) is 0 Å². The summed E-state index contributed by atoms with van der Waals surface area (Å²) in [5, 5.41) is 8.71. The number of hydrogen-bond donors (Lipinski definition) is 1. The molecule has 0 bridgehead atoms. The van der Waals surface area contributed by atoms with Crippen LogP contribution in [0.3, 0.4) is 0 Å². The highest BCUT2D eigenvalue weighted by atomic mass is 16.4. The minimum atomic E-state index is 0.0867. The first kappa shape index (κ1) is 8.97. The lowest BCUT2D eigenvalue weighted by molar-refractivity contribution is 0.288. The molecule has 14 heavy (non-hydrogen) atoms. The average Bonchev–Trinajstić information content (AvgIpc) is 2.68. The van der Waals surface area contributed by atoms with Crippen molar-refractivity contribution < 1.29 is 9.52 Å². The molecule has 0 aliphatic heterocycles. The largest absolute Gasteiger partial charge is 0.441 e. The van der Waals surface area contributed by atoms with Crippen LogP contribution in [0.15, 0.2) is 40.9 Å². The summed E-state index contributed by atoms with van der Waals surface area (Å²) in [6.45, 7) is 0.0867. The lowest BCUT2D eigenvalue weighted by Crippen LogP contribution is -1.86. The monoisotopic (exact) mass is 189 g/mol. The summed E-state index contributed by atoms with van der Waals surface area (Å²) in [4.78, 5) is 4.13. The summed E-state index contributed by atoms with van der Waals surface area (Å²) in [7, 11) is 0. The fraction of sp³-hybridized carbons (Fsp3) is 0.182.